The maximum absolute atomic E-state index is 11.8. The van der Waals surface area contributed by atoms with Gasteiger partial charge in [-0.1, -0.05) is 23.8 Å². The van der Waals surface area contributed by atoms with Crippen LogP contribution < -0.4 is 5.32 Å². The van der Waals surface area contributed by atoms with Crippen LogP contribution in [0.4, 0.5) is 0 Å². The summed E-state index contributed by atoms with van der Waals surface area (Å²) in [4.78, 5) is 13.2. The quantitative estimate of drug-likeness (QED) is 0.834. The SMILES string of the molecule is Cc1cccc(C(=O)NCCCc2cccs2)c1.Cl. The van der Waals surface area contributed by atoms with Gasteiger partial charge < -0.3 is 5.32 Å². The highest BCUT2D eigenvalue weighted by Gasteiger charge is 2.04. The van der Waals surface area contributed by atoms with Gasteiger partial charge in [-0.3, -0.25) is 4.79 Å². The van der Waals surface area contributed by atoms with Gasteiger partial charge in [-0.2, -0.15) is 0 Å². The minimum absolute atomic E-state index is 0. The number of nitrogens with one attached hydrogen (secondary N) is 1. The Bertz CT molecular complexity index is 511. The second-order valence-electron chi connectivity index (χ2n) is 4.31. The van der Waals surface area contributed by atoms with Crippen molar-refractivity contribution in [3.8, 4) is 0 Å². The van der Waals surface area contributed by atoms with Gasteiger partial charge in [-0.05, 0) is 43.3 Å². The van der Waals surface area contributed by atoms with Crippen LogP contribution in [-0.4, -0.2) is 12.5 Å². The number of amides is 1. The van der Waals surface area contributed by atoms with E-state index in [4.69, 9.17) is 0 Å². The summed E-state index contributed by atoms with van der Waals surface area (Å²) in [5.74, 6) is 0.0184. The summed E-state index contributed by atoms with van der Waals surface area (Å²) in [5, 5.41) is 5.04. The maximum Gasteiger partial charge on any atom is 0.251 e. The zero-order valence-corrected chi connectivity index (χ0v) is 12.5. The lowest BCUT2D eigenvalue weighted by molar-refractivity contribution is 0.0953. The van der Waals surface area contributed by atoms with Gasteiger partial charge in [-0.15, -0.1) is 23.7 Å². The summed E-state index contributed by atoms with van der Waals surface area (Å²) < 4.78 is 0. The van der Waals surface area contributed by atoms with Crippen LogP contribution in [0.2, 0.25) is 0 Å². The second kappa shape index (κ2) is 7.97. The summed E-state index contributed by atoms with van der Waals surface area (Å²) in [6, 6.07) is 11.9. The number of halogens is 1. The molecule has 2 aromatic rings. The molecule has 19 heavy (non-hydrogen) atoms. The monoisotopic (exact) mass is 295 g/mol. The highest BCUT2D eigenvalue weighted by molar-refractivity contribution is 7.09. The molecule has 1 amide bonds. The number of hydrogen-bond donors (Lipinski definition) is 1. The Balaban J connectivity index is 0.00000180. The summed E-state index contributed by atoms with van der Waals surface area (Å²) in [7, 11) is 0. The van der Waals surface area contributed by atoms with Crippen molar-refractivity contribution in [2.45, 2.75) is 19.8 Å². The molecule has 0 aliphatic rings. The third kappa shape index (κ3) is 5.05. The average Bonchev–Trinajstić information content (AvgIpc) is 2.87. The molecule has 0 radical (unpaired) electrons. The largest absolute Gasteiger partial charge is 0.352 e. The van der Waals surface area contributed by atoms with E-state index >= 15 is 0 Å². The van der Waals surface area contributed by atoms with E-state index in [1.807, 2.05) is 31.2 Å². The number of hydrogen-bond acceptors (Lipinski definition) is 2. The van der Waals surface area contributed by atoms with Gasteiger partial charge in [0.1, 0.15) is 0 Å². The second-order valence-corrected chi connectivity index (χ2v) is 5.34. The number of thiophene rings is 1. The molecule has 4 heteroatoms. The van der Waals surface area contributed by atoms with E-state index < -0.39 is 0 Å². The van der Waals surface area contributed by atoms with Crippen molar-refractivity contribution >= 4 is 29.7 Å². The molecular weight excluding hydrogens is 278 g/mol. The topological polar surface area (TPSA) is 29.1 Å². The molecule has 0 unspecified atom stereocenters. The molecule has 2 rings (SSSR count). The summed E-state index contributed by atoms with van der Waals surface area (Å²) in [6.07, 6.45) is 2.02. The molecule has 102 valence electrons. The van der Waals surface area contributed by atoms with Gasteiger partial charge >= 0.3 is 0 Å². The Hall–Kier alpha value is -1.32. The summed E-state index contributed by atoms with van der Waals surface area (Å²) in [5.41, 5.74) is 1.85. The molecule has 0 saturated heterocycles. The van der Waals surface area contributed by atoms with Crippen molar-refractivity contribution in [2.24, 2.45) is 0 Å². The molecule has 0 spiro atoms. The van der Waals surface area contributed by atoms with Gasteiger partial charge in [-0.25, -0.2) is 0 Å². The minimum atomic E-state index is 0. The average molecular weight is 296 g/mol. The molecule has 1 heterocycles. The van der Waals surface area contributed by atoms with Crippen LogP contribution in [0.5, 0.6) is 0 Å². The molecule has 0 aliphatic heterocycles. The van der Waals surface area contributed by atoms with Gasteiger partial charge in [0.15, 0.2) is 0 Å². The number of benzene rings is 1. The van der Waals surface area contributed by atoms with Crippen LogP contribution in [-0.2, 0) is 6.42 Å². The molecular formula is C15H18ClNOS. The predicted octanol–water partition coefficient (Wildman–Crippen LogP) is 3.84. The summed E-state index contributed by atoms with van der Waals surface area (Å²) in [6.45, 7) is 2.72. The fraction of sp³-hybridized carbons (Fsp3) is 0.267. The lowest BCUT2D eigenvalue weighted by atomic mass is 10.1. The van der Waals surface area contributed by atoms with Crippen LogP contribution in [0.1, 0.15) is 27.2 Å². The number of carbonyl (C=O) groups is 1. The molecule has 1 N–H and O–H groups in total. The first-order chi connectivity index (χ1) is 8.75. The number of carbonyl (C=O) groups excluding carboxylic acids is 1. The molecule has 0 bridgehead atoms. The van der Waals surface area contributed by atoms with Gasteiger partial charge in [0.25, 0.3) is 5.91 Å². The smallest absolute Gasteiger partial charge is 0.251 e. The predicted molar refractivity (Wildman–Crippen MR) is 83.4 cm³/mol. The van der Waals surface area contributed by atoms with Crippen LogP contribution >= 0.6 is 23.7 Å². The molecule has 0 aliphatic carbocycles. The standard InChI is InChI=1S/C15H17NOS.ClH/c1-12-5-2-6-13(11-12)15(17)16-9-3-7-14-8-4-10-18-14;/h2,4-6,8,10-11H,3,7,9H2,1H3,(H,16,17);1H. The summed E-state index contributed by atoms with van der Waals surface area (Å²) >= 11 is 1.77. The first-order valence-electron chi connectivity index (χ1n) is 6.13. The molecule has 1 aromatic heterocycles. The zero-order valence-electron chi connectivity index (χ0n) is 10.9. The van der Waals surface area contributed by atoms with E-state index in [0.717, 1.165) is 30.5 Å². The Morgan fingerprint density at radius 2 is 2.11 bits per heavy atom. The molecule has 2 nitrogen and oxygen atoms in total. The van der Waals surface area contributed by atoms with Gasteiger partial charge in [0.2, 0.25) is 0 Å². The van der Waals surface area contributed by atoms with Crippen molar-refractivity contribution in [1.82, 2.24) is 5.32 Å². The minimum Gasteiger partial charge on any atom is -0.352 e. The van der Waals surface area contributed by atoms with Gasteiger partial charge in [0.05, 0.1) is 0 Å². The maximum atomic E-state index is 11.8. The third-order valence-electron chi connectivity index (χ3n) is 2.75. The van der Waals surface area contributed by atoms with E-state index in [0.29, 0.717) is 0 Å². The van der Waals surface area contributed by atoms with E-state index in [1.54, 1.807) is 11.3 Å². The third-order valence-corrected chi connectivity index (χ3v) is 3.68. The van der Waals surface area contributed by atoms with Crippen LogP contribution in [0.25, 0.3) is 0 Å². The van der Waals surface area contributed by atoms with Crippen molar-refractivity contribution in [3.63, 3.8) is 0 Å². The lowest BCUT2D eigenvalue weighted by Gasteiger charge is -2.05. The van der Waals surface area contributed by atoms with Crippen LogP contribution in [0, 0.1) is 6.92 Å². The van der Waals surface area contributed by atoms with E-state index in [-0.39, 0.29) is 18.3 Å². The van der Waals surface area contributed by atoms with E-state index in [1.165, 1.54) is 4.88 Å². The highest BCUT2D eigenvalue weighted by atomic mass is 35.5. The highest BCUT2D eigenvalue weighted by Crippen LogP contribution is 2.10. The molecule has 0 saturated carbocycles. The molecule has 1 aromatic carbocycles. The number of rotatable bonds is 5. The number of aryl methyl sites for hydroxylation is 2. The Morgan fingerprint density at radius 3 is 2.79 bits per heavy atom. The molecule has 0 fully saturated rings. The van der Waals surface area contributed by atoms with Crippen molar-refractivity contribution in [1.29, 1.82) is 0 Å². The molecule has 0 atom stereocenters. The van der Waals surface area contributed by atoms with Crippen molar-refractivity contribution in [3.05, 3.63) is 57.8 Å². The van der Waals surface area contributed by atoms with E-state index in [2.05, 4.69) is 22.8 Å². The zero-order chi connectivity index (χ0) is 12.8. The fourth-order valence-electron chi connectivity index (χ4n) is 1.81. The Labute approximate surface area is 124 Å². The van der Waals surface area contributed by atoms with Gasteiger partial charge in [0, 0.05) is 17.0 Å². The van der Waals surface area contributed by atoms with Crippen LogP contribution in [0.3, 0.4) is 0 Å². The first kappa shape index (κ1) is 15.7. The lowest BCUT2D eigenvalue weighted by Crippen LogP contribution is -2.24. The Morgan fingerprint density at radius 1 is 1.26 bits per heavy atom. The normalized spacial score (nSPS) is 9.74. The van der Waals surface area contributed by atoms with Crippen LogP contribution in [0.15, 0.2) is 41.8 Å². The first-order valence-corrected chi connectivity index (χ1v) is 7.01. The fourth-order valence-corrected chi connectivity index (χ4v) is 2.56. The van der Waals surface area contributed by atoms with Crippen molar-refractivity contribution < 1.29 is 4.79 Å². The van der Waals surface area contributed by atoms with E-state index in [9.17, 15) is 4.79 Å². The van der Waals surface area contributed by atoms with Crippen molar-refractivity contribution in [2.75, 3.05) is 6.54 Å². The Kier molecular flexibility index (Phi) is 6.60.